The molecule has 0 aliphatic carbocycles. The lowest BCUT2D eigenvalue weighted by Crippen LogP contribution is -2.56. The van der Waals surface area contributed by atoms with Gasteiger partial charge in [0.2, 0.25) is 0 Å². The Labute approximate surface area is 458 Å². The Morgan fingerprint density at radius 3 is 1.58 bits per heavy atom. The maximum atomic E-state index is 7.36. The van der Waals surface area contributed by atoms with Crippen LogP contribution in [0, 0.1) is 0 Å². The van der Waals surface area contributed by atoms with E-state index in [4.69, 9.17) is 8.83 Å². The van der Waals surface area contributed by atoms with E-state index >= 15 is 0 Å². The second-order valence-corrected chi connectivity index (χ2v) is 26.2. The number of hydrogen-bond acceptors (Lipinski definition) is 4. The maximum absolute atomic E-state index is 7.36. The van der Waals surface area contributed by atoms with E-state index in [2.05, 4.69) is 279 Å². The second kappa shape index (κ2) is 16.6. The van der Waals surface area contributed by atoms with Crippen LogP contribution in [0.3, 0.4) is 0 Å². The van der Waals surface area contributed by atoms with Crippen molar-refractivity contribution in [1.82, 2.24) is 4.48 Å². The van der Waals surface area contributed by atoms with E-state index < -0.39 is 0 Å². The summed E-state index contributed by atoms with van der Waals surface area (Å²) in [7, 11) is 0. The van der Waals surface area contributed by atoms with Crippen LogP contribution >= 0.6 is 0 Å². The lowest BCUT2D eigenvalue weighted by Gasteiger charge is -2.42. The first-order chi connectivity index (χ1) is 37.2. The number of para-hydroxylation sites is 2. The Kier molecular flexibility index (Phi) is 10.3. The van der Waals surface area contributed by atoms with E-state index in [1.165, 1.54) is 50.0 Å². The molecule has 0 saturated heterocycles. The van der Waals surface area contributed by atoms with Gasteiger partial charge in [0.25, 0.3) is 0 Å². The molecule has 9 aromatic carbocycles. The van der Waals surface area contributed by atoms with Gasteiger partial charge in [-0.15, -0.1) is 0 Å². The molecule has 12 aromatic rings. The summed E-state index contributed by atoms with van der Waals surface area (Å²) in [5.74, 6) is 0. The van der Waals surface area contributed by atoms with Crippen molar-refractivity contribution in [1.29, 1.82) is 0 Å². The topological polar surface area (TPSA) is 37.7 Å². The van der Waals surface area contributed by atoms with Crippen molar-refractivity contribution < 1.29 is 8.83 Å². The average Bonchev–Trinajstić information content (AvgIpc) is 4.22. The largest absolute Gasteiger partial charge is 0.455 e. The number of benzene rings is 9. The molecule has 6 heteroatoms. The highest BCUT2D eigenvalue weighted by molar-refractivity contribution is 6.90. The average molecular weight is 1020 g/mol. The second-order valence-electron chi connectivity index (χ2n) is 26.2. The fourth-order valence-corrected chi connectivity index (χ4v) is 12.8. The number of nitrogens with zero attached hydrogens (tertiary/aromatic N) is 3. The molecule has 5 heterocycles. The number of hydrogen-bond donors (Lipinski definition) is 0. The summed E-state index contributed by atoms with van der Waals surface area (Å²) in [5.41, 5.74) is 24.4. The first-order valence-electron chi connectivity index (χ1n) is 27.9. The molecule has 3 aromatic heterocycles. The fraction of sp³-hybridized carbons (Fsp3) is 0.222. The molecule has 0 atom stereocenters. The molecule has 2 aliphatic rings. The third-order valence-electron chi connectivity index (χ3n) is 17.0. The first-order valence-corrected chi connectivity index (χ1v) is 27.9. The molecule has 0 saturated carbocycles. The zero-order chi connectivity index (χ0) is 53.9. The van der Waals surface area contributed by atoms with Gasteiger partial charge >= 0.3 is 6.85 Å². The summed E-state index contributed by atoms with van der Waals surface area (Å²) in [6.45, 7) is 27.4. The van der Waals surface area contributed by atoms with Crippen LogP contribution in [0.25, 0.3) is 77.2 Å². The Balaban J connectivity index is 1.15. The van der Waals surface area contributed by atoms with E-state index in [1.807, 2.05) is 0 Å². The first kappa shape index (κ1) is 48.2. The van der Waals surface area contributed by atoms with Crippen LogP contribution in [0.15, 0.2) is 191 Å². The normalized spacial score (nSPS) is 13.6. The number of fused-ring (bicyclic) bond motifs is 13. The summed E-state index contributed by atoms with van der Waals surface area (Å²) in [4.78, 5) is 5.06. The minimum atomic E-state index is -0.267. The van der Waals surface area contributed by atoms with Gasteiger partial charge in [0, 0.05) is 55.6 Å². The fourth-order valence-electron chi connectivity index (χ4n) is 12.8. The summed E-state index contributed by atoms with van der Waals surface area (Å²) in [5, 5.41) is 4.35. The van der Waals surface area contributed by atoms with E-state index in [0.717, 1.165) is 94.5 Å². The van der Waals surface area contributed by atoms with E-state index in [-0.39, 0.29) is 28.5 Å². The molecule has 5 nitrogen and oxygen atoms in total. The molecule has 0 N–H and O–H groups in total. The van der Waals surface area contributed by atoms with E-state index in [9.17, 15) is 0 Å². The molecular weight excluding hydrogens is 950 g/mol. The van der Waals surface area contributed by atoms with E-state index in [0.29, 0.717) is 0 Å². The minimum Gasteiger partial charge on any atom is -0.455 e. The van der Waals surface area contributed by atoms with Crippen molar-refractivity contribution >= 4 is 107 Å². The smallest absolute Gasteiger partial charge is 0.333 e. The summed E-state index contributed by atoms with van der Waals surface area (Å²) >= 11 is 0. The molecule has 0 fully saturated rings. The molecule has 0 unspecified atom stereocenters. The van der Waals surface area contributed by atoms with E-state index in [1.54, 1.807) is 0 Å². The molecule has 78 heavy (non-hydrogen) atoms. The molecule has 2 aliphatic heterocycles. The van der Waals surface area contributed by atoms with Crippen LogP contribution in [0.2, 0.25) is 0 Å². The number of rotatable bonds is 5. The van der Waals surface area contributed by atoms with Gasteiger partial charge in [-0.1, -0.05) is 192 Å². The Morgan fingerprint density at radius 2 is 0.949 bits per heavy atom. The van der Waals surface area contributed by atoms with Gasteiger partial charge in [-0.05, 0) is 133 Å². The van der Waals surface area contributed by atoms with Gasteiger partial charge in [0.1, 0.15) is 16.7 Å². The maximum Gasteiger partial charge on any atom is 0.333 e. The van der Waals surface area contributed by atoms with Crippen LogP contribution in [0.4, 0.5) is 34.1 Å². The van der Waals surface area contributed by atoms with Crippen molar-refractivity contribution in [3.8, 4) is 22.3 Å². The van der Waals surface area contributed by atoms with Crippen molar-refractivity contribution in [2.24, 2.45) is 0 Å². The zero-order valence-electron chi connectivity index (χ0n) is 47.1. The van der Waals surface area contributed by atoms with Gasteiger partial charge in [0.15, 0.2) is 5.58 Å². The highest BCUT2D eigenvalue weighted by atomic mass is 16.3. The predicted molar refractivity (Wildman–Crippen MR) is 332 cm³/mol. The zero-order valence-corrected chi connectivity index (χ0v) is 47.1. The Hall–Kier alpha value is -8.22. The third-order valence-corrected chi connectivity index (χ3v) is 17.0. The molecule has 0 spiro atoms. The van der Waals surface area contributed by atoms with Crippen molar-refractivity contribution in [2.45, 2.75) is 105 Å². The van der Waals surface area contributed by atoms with Gasteiger partial charge < -0.3 is 23.1 Å². The van der Waals surface area contributed by atoms with Gasteiger partial charge in [-0.2, -0.15) is 0 Å². The monoisotopic (exact) mass is 1020 g/mol. The van der Waals surface area contributed by atoms with Crippen LogP contribution in [0.1, 0.15) is 105 Å². The van der Waals surface area contributed by atoms with Crippen molar-refractivity contribution in [2.75, 3.05) is 9.80 Å². The summed E-state index contributed by atoms with van der Waals surface area (Å²) < 4.78 is 17.3. The van der Waals surface area contributed by atoms with Crippen LogP contribution < -0.4 is 20.7 Å². The molecular formula is C72H66BN3O2. The minimum absolute atomic E-state index is 0.00592. The molecule has 0 radical (unpaired) electrons. The predicted octanol–water partition coefficient (Wildman–Crippen LogP) is 19.2. The quantitative estimate of drug-likeness (QED) is 0.161. The summed E-state index contributed by atoms with van der Waals surface area (Å²) in [6.07, 6.45) is 0. The van der Waals surface area contributed by atoms with Crippen LogP contribution in [0.5, 0.6) is 0 Å². The SMILES string of the molecule is CC(C)(C)c1ccc(N(c2ccc(C(C)(C)C)cc2)c2ccc3c4c2c2oc5ccccc5c2n4B2c4ccc(C(C)(C)C)cc4N(c4ccc(C(C)(C)C)cc4-c4ccccc4)c4cc5c(oc6ccccc65)c-3c42)cc1. The van der Waals surface area contributed by atoms with Crippen LogP contribution in [-0.2, 0) is 21.7 Å². The lowest BCUT2D eigenvalue weighted by atomic mass is 9.44. The Morgan fingerprint density at radius 1 is 0.410 bits per heavy atom. The highest BCUT2D eigenvalue weighted by Gasteiger charge is 2.46. The number of furan rings is 2. The van der Waals surface area contributed by atoms with Crippen molar-refractivity contribution in [3.63, 3.8) is 0 Å². The van der Waals surface area contributed by atoms with Gasteiger partial charge in [-0.25, -0.2) is 0 Å². The Bertz CT molecular complexity index is 4350. The van der Waals surface area contributed by atoms with Gasteiger partial charge in [0.05, 0.1) is 27.8 Å². The molecule has 0 amide bonds. The molecule has 14 rings (SSSR count). The van der Waals surface area contributed by atoms with Gasteiger partial charge in [-0.3, -0.25) is 0 Å². The number of aromatic nitrogens is 1. The third kappa shape index (κ3) is 7.21. The van der Waals surface area contributed by atoms with Crippen LogP contribution in [-0.4, -0.2) is 11.3 Å². The summed E-state index contributed by atoms with van der Waals surface area (Å²) in [6, 6.07) is 68.2. The number of anilines is 6. The molecule has 384 valence electrons. The standard InChI is InChI=1S/C72H66BN3O2/c1-69(2,3)44-26-32-48(33-27-44)74(49-34-28-45(29-35-49)70(4,5)6)57-39-36-52-62-64-59(42-54-50-22-16-18-24-60(50)77-67(54)62)75(56-38-31-46(71(7,8)9)40-53(56)43-20-14-13-15-21-43)58-41-47(72(10,11)12)30-37-55(58)73(64)76-65(52)63(57)68-66(76)51-23-17-19-25-61(51)78-68/h13-42H,1-12H3. The highest BCUT2D eigenvalue weighted by Crippen LogP contribution is 2.55. The molecule has 0 bridgehead atoms. The lowest BCUT2D eigenvalue weighted by molar-refractivity contribution is 0.590. The van der Waals surface area contributed by atoms with Crippen molar-refractivity contribution in [3.05, 3.63) is 204 Å².